The molecule has 0 amide bonds. The minimum atomic E-state index is 1.06. The topological polar surface area (TPSA) is 0 Å². The highest BCUT2D eigenvalue weighted by atomic mass is 13.9. The maximum Gasteiger partial charge on any atom is -0.0260 e. The van der Waals surface area contributed by atoms with Crippen molar-refractivity contribution >= 4 is 0 Å². The van der Waals surface area contributed by atoms with Crippen LogP contribution in [0, 0.1) is 0 Å². The SMILES string of the molecule is C\C=C/C=C(\C=C/C)/C=C/C=C/C=C/C(/C=C\C)=C/C=C\CC. The summed E-state index contributed by atoms with van der Waals surface area (Å²) in [5.74, 6) is 0. The molecule has 0 N–H and O–H groups in total. The molecule has 0 saturated carbocycles. The Morgan fingerprint density at radius 2 is 1.09 bits per heavy atom. The molecule has 0 saturated heterocycles. The largest absolute Gasteiger partial charge is 0.0876 e. The Morgan fingerprint density at radius 3 is 1.52 bits per heavy atom. The van der Waals surface area contributed by atoms with Crippen LogP contribution in [0.4, 0.5) is 0 Å². The molecule has 0 heteroatoms. The lowest BCUT2D eigenvalue weighted by atomic mass is 10.2. The zero-order chi connectivity index (χ0) is 17.2. The van der Waals surface area contributed by atoms with E-state index in [0.29, 0.717) is 0 Å². The molecular weight excluding hydrogens is 276 g/mol. The molecule has 0 bridgehead atoms. The Balaban J connectivity index is 4.74. The van der Waals surface area contributed by atoms with E-state index < -0.39 is 0 Å². The van der Waals surface area contributed by atoms with Gasteiger partial charge in [-0.15, -0.1) is 0 Å². The highest BCUT2D eigenvalue weighted by Crippen LogP contribution is 2.02. The van der Waals surface area contributed by atoms with Gasteiger partial charge >= 0.3 is 0 Å². The van der Waals surface area contributed by atoms with Crippen LogP contribution in [-0.4, -0.2) is 0 Å². The van der Waals surface area contributed by atoms with Crippen LogP contribution >= 0.6 is 0 Å². The van der Waals surface area contributed by atoms with E-state index in [1.807, 2.05) is 51.2 Å². The van der Waals surface area contributed by atoms with E-state index in [1.165, 1.54) is 11.1 Å². The molecule has 122 valence electrons. The average Bonchev–Trinajstić information content (AvgIpc) is 2.55. The molecule has 0 aromatic carbocycles. The minimum Gasteiger partial charge on any atom is -0.0876 e. The first-order chi connectivity index (χ1) is 11.3. The molecule has 0 aliphatic rings. The molecule has 0 aromatic rings. The third-order valence-corrected chi connectivity index (χ3v) is 2.77. The van der Waals surface area contributed by atoms with Gasteiger partial charge in [-0.25, -0.2) is 0 Å². The van der Waals surface area contributed by atoms with Gasteiger partial charge in [0, 0.05) is 0 Å². The zero-order valence-electron chi connectivity index (χ0n) is 14.9. The molecule has 0 fully saturated rings. The summed E-state index contributed by atoms with van der Waals surface area (Å²) in [6.45, 7) is 8.21. The van der Waals surface area contributed by atoms with Crippen molar-refractivity contribution < 1.29 is 0 Å². The van der Waals surface area contributed by atoms with Gasteiger partial charge in [0.15, 0.2) is 0 Å². The molecule has 0 atom stereocenters. The fourth-order valence-electron chi connectivity index (χ4n) is 1.70. The summed E-state index contributed by atoms with van der Waals surface area (Å²) in [6, 6.07) is 0. The third-order valence-electron chi connectivity index (χ3n) is 2.77. The van der Waals surface area contributed by atoms with Crippen molar-refractivity contribution in [2.45, 2.75) is 34.1 Å². The molecule has 0 aliphatic carbocycles. The Morgan fingerprint density at radius 1 is 0.565 bits per heavy atom. The van der Waals surface area contributed by atoms with E-state index in [9.17, 15) is 0 Å². The quantitative estimate of drug-likeness (QED) is 0.395. The first kappa shape index (κ1) is 20.7. The van der Waals surface area contributed by atoms with Gasteiger partial charge in [-0.1, -0.05) is 104 Å². The van der Waals surface area contributed by atoms with Crippen molar-refractivity contribution in [1.82, 2.24) is 0 Å². The van der Waals surface area contributed by atoms with Crippen molar-refractivity contribution in [3.8, 4) is 0 Å². The summed E-state index contributed by atoms with van der Waals surface area (Å²) in [4.78, 5) is 0. The van der Waals surface area contributed by atoms with E-state index in [4.69, 9.17) is 0 Å². The predicted octanol–water partition coefficient (Wildman–Crippen LogP) is 7.20. The summed E-state index contributed by atoms with van der Waals surface area (Å²) in [5, 5.41) is 0. The first-order valence-corrected chi connectivity index (χ1v) is 8.25. The van der Waals surface area contributed by atoms with Gasteiger partial charge in [-0.3, -0.25) is 0 Å². The van der Waals surface area contributed by atoms with E-state index in [0.717, 1.165) is 6.42 Å². The smallest absolute Gasteiger partial charge is 0.0260 e. The summed E-state index contributed by atoms with van der Waals surface area (Å²) < 4.78 is 0. The fraction of sp³-hybridized carbons (Fsp3) is 0.217. The summed E-state index contributed by atoms with van der Waals surface area (Å²) in [7, 11) is 0. The number of hydrogen-bond acceptors (Lipinski definition) is 0. The van der Waals surface area contributed by atoms with E-state index in [1.54, 1.807) is 0 Å². The lowest BCUT2D eigenvalue weighted by Gasteiger charge is -1.90. The molecule has 0 spiro atoms. The number of allylic oxidation sites excluding steroid dienone is 18. The van der Waals surface area contributed by atoms with Gasteiger partial charge in [0.25, 0.3) is 0 Å². The Hall–Kier alpha value is -2.34. The predicted molar refractivity (Wildman–Crippen MR) is 107 cm³/mol. The second-order valence-electron chi connectivity index (χ2n) is 4.80. The summed E-state index contributed by atoms with van der Waals surface area (Å²) in [5.41, 5.74) is 2.37. The van der Waals surface area contributed by atoms with Crippen LogP contribution in [0.3, 0.4) is 0 Å². The van der Waals surface area contributed by atoms with Crippen LogP contribution in [0.1, 0.15) is 34.1 Å². The highest BCUT2D eigenvalue weighted by Gasteiger charge is 1.82. The second kappa shape index (κ2) is 16.0. The first-order valence-electron chi connectivity index (χ1n) is 8.25. The average molecular weight is 306 g/mol. The molecule has 0 unspecified atom stereocenters. The van der Waals surface area contributed by atoms with Crippen molar-refractivity contribution in [3.05, 3.63) is 108 Å². The standard InChI is InChI=1S/C23H30/c1-5-9-13-19-23(17-8-4)21-15-12-11-14-20-22(16-7-3)18-10-6-2/h6-21H,5H2,1-4H3/b10-6-,12-11+,13-9-,16-7-,17-8-,20-14+,21-15+,22-18+,23-19+. The number of rotatable bonds is 9. The maximum absolute atomic E-state index is 2.15. The Bertz CT molecular complexity index is 553. The normalized spacial score (nSPS) is 15.3. The molecule has 0 nitrogen and oxygen atoms in total. The molecular formula is C23H30. The van der Waals surface area contributed by atoms with Crippen LogP contribution in [0.2, 0.25) is 0 Å². The fourth-order valence-corrected chi connectivity index (χ4v) is 1.70. The molecule has 0 aromatic heterocycles. The van der Waals surface area contributed by atoms with Gasteiger partial charge in [0.05, 0.1) is 0 Å². The molecule has 0 aliphatic heterocycles. The zero-order valence-corrected chi connectivity index (χ0v) is 14.9. The van der Waals surface area contributed by atoms with E-state index in [2.05, 4.69) is 73.8 Å². The van der Waals surface area contributed by atoms with Crippen molar-refractivity contribution in [1.29, 1.82) is 0 Å². The van der Waals surface area contributed by atoms with Crippen LogP contribution in [-0.2, 0) is 0 Å². The van der Waals surface area contributed by atoms with Crippen LogP contribution in [0.15, 0.2) is 108 Å². The monoisotopic (exact) mass is 306 g/mol. The maximum atomic E-state index is 2.15. The minimum absolute atomic E-state index is 1.06. The van der Waals surface area contributed by atoms with Crippen molar-refractivity contribution in [2.75, 3.05) is 0 Å². The van der Waals surface area contributed by atoms with Crippen LogP contribution in [0.5, 0.6) is 0 Å². The van der Waals surface area contributed by atoms with Gasteiger partial charge in [0.2, 0.25) is 0 Å². The lowest BCUT2D eigenvalue weighted by Crippen LogP contribution is -1.70. The van der Waals surface area contributed by atoms with Gasteiger partial charge < -0.3 is 0 Å². The van der Waals surface area contributed by atoms with E-state index in [-0.39, 0.29) is 0 Å². The van der Waals surface area contributed by atoms with Crippen LogP contribution in [0.25, 0.3) is 0 Å². The number of hydrogen-bond donors (Lipinski definition) is 0. The third kappa shape index (κ3) is 13.1. The lowest BCUT2D eigenvalue weighted by molar-refractivity contribution is 1.22. The molecule has 0 heterocycles. The molecule has 23 heavy (non-hydrogen) atoms. The summed E-state index contributed by atoms with van der Waals surface area (Å²) in [6.07, 6.45) is 34.3. The Kier molecular flexibility index (Phi) is 14.4. The van der Waals surface area contributed by atoms with Crippen molar-refractivity contribution in [3.63, 3.8) is 0 Å². The molecule has 0 radical (unpaired) electrons. The highest BCUT2D eigenvalue weighted by molar-refractivity contribution is 5.37. The van der Waals surface area contributed by atoms with E-state index >= 15 is 0 Å². The van der Waals surface area contributed by atoms with Crippen LogP contribution < -0.4 is 0 Å². The Labute approximate surface area is 143 Å². The van der Waals surface area contributed by atoms with Gasteiger partial charge in [-0.05, 0) is 38.3 Å². The van der Waals surface area contributed by atoms with Gasteiger partial charge in [0.1, 0.15) is 0 Å². The second-order valence-corrected chi connectivity index (χ2v) is 4.80. The summed E-state index contributed by atoms with van der Waals surface area (Å²) >= 11 is 0. The van der Waals surface area contributed by atoms with Gasteiger partial charge in [-0.2, -0.15) is 0 Å². The van der Waals surface area contributed by atoms with Crippen molar-refractivity contribution in [2.24, 2.45) is 0 Å². The molecule has 0 rings (SSSR count).